The Balaban J connectivity index is 0.000000423. The third-order valence-electron chi connectivity index (χ3n) is 1.85. The van der Waals surface area contributed by atoms with Gasteiger partial charge in [-0.15, -0.1) is 0 Å². The number of hydrogen-bond donors (Lipinski definition) is 2. The summed E-state index contributed by atoms with van der Waals surface area (Å²) in [7, 11) is 0. The first-order valence-corrected chi connectivity index (χ1v) is 6.24. The summed E-state index contributed by atoms with van der Waals surface area (Å²) in [5, 5.41) is 10.6. The first-order valence-electron chi connectivity index (χ1n) is 6.24. The van der Waals surface area contributed by atoms with Gasteiger partial charge in [0.15, 0.2) is 5.43 Å². The number of nitrogens with one attached hydrogen (secondary N) is 1. The highest BCUT2D eigenvalue weighted by atomic mass is 16.6. The number of rotatable bonds is 2. The highest BCUT2D eigenvalue weighted by Crippen LogP contribution is 2.06. The molecule has 0 aliphatic carbocycles. The first kappa shape index (κ1) is 18.6. The van der Waals surface area contributed by atoms with E-state index in [9.17, 15) is 14.4 Å². The number of hydrogen-bond acceptors (Lipinski definition) is 5. The minimum Gasteiger partial charge on any atom is -0.480 e. The van der Waals surface area contributed by atoms with Gasteiger partial charge in [-0.1, -0.05) is 6.07 Å². The summed E-state index contributed by atoms with van der Waals surface area (Å²) >= 11 is 0. The molecule has 1 atom stereocenters. The van der Waals surface area contributed by atoms with Gasteiger partial charge in [0.25, 0.3) is 0 Å². The number of nitrogens with zero attached hydrogens (tertiary/aromatic N) is 1. The zero-order valence-electron chi connectivity index (χ0n) is 12.5. The Morgan fingerprint density at radius 1 is 1.33 bits per heavy atom. The third kappa shape index (κ3) is 11.1. The number of amides is 1. The fraction of sp³-hybridized carbons (Fsp3) is 0.429. The Morgan fingerprint density at radius 2 is 1.95 bits per heavy atom. The van der Waals surface area contributed by atoms with Gasteiger partial charge in [-0.3, -0.25) is 14.6 Å². The molecule has 1 aromatic heterocycles. The maximum atomic E-state index is 11.0. The minimum absolute atomic E-state index is 0.0602. The lowest BCUT2D eigenvalue weighted by molar-refractivity contribution is -0.139. The van der Waals surface area contributed by atoms with Gasteiger partial charge in [0.2, 0.25) is 0 Å². The minimum atomic E-state index is -1.09. The molecule has 0 aliphatic heterocycles. The number of alkyl carbamates (subject to hydrolysis) is 1. The molecular formula is C14H20N2O5. The summed E-state index contributed by atoms with van der Waals surface area (Å²) in [4.78, 5) is 35.3. The van der Waals surface area contributed by atoms with Crippen LogP contribution in [0, 0.1) is 0 Å². The summed E-state index contributed by atoms with van der Waals surface area (Å²) in [5.74, 6) is -1.09. The molecule has 0 saturated carbocycles. The molecule has 0 saturated heterocycles. The predicted molar refractivity (Wildman–Crippen MR) is 77.0 cm³/mol. The molecule has 1 rings (SSSR count). The van der Waals surface area contributed by atoms with Crippen molar-refractivity contribution in [1.29, 1.82) is 0 Å². The number of aliphatic carboxylic acids is 1. The van der Waals surface area contributed by atoms with Gasteiger partial charge in [-0.05, 0) is 39.8 Å². The lowest BCUT2D eigenvalue weighted by Gasteiger charge is -2.20. The molecule has 0 unspecified atom stereocenters. The number of carboxylic acid groups (broad SMARTS) is 1. The van der Waals surface area contributed by atoms with E-state index in [4.69, 9.17) is 9.84 Å². The van der Waals surface area contributed by atoms with Crippen LogP contribution in [0.25, 0.3) is 0 Å². The fourth-order valence-electron chi connectivity index (χ4n) is 0.955. The van der Waals surface area contributed by atoms with Crippen molar-refractivity contribution in [3.05, 3.63) is 40.8 Å². The van der Waals surface area contributed by atoms with Crippen LogP contribution in [0.1, 0.15) is 27.7 Å². The maximum absolute atomic E-state index is 11.0. The lowest BCUT2D eigenvalue weighted by atomic mass is 10.2. The molecular weight excluding hydrogens is 276 g/mol. The molecule has 0 spiro atoms. The molecule has 1 heterocycles. The summed E-state index contributed by atoms with van der Waals surface area (Å²) in [6.45, 7) is 6.49. The molecule has 2 N–H and O–H groups in total. The van der Waals surface area contributed by atoms with Crippen molar-refractivity contribution >= 4 is 12.1 Å². The summed E-state index contributed by atoms with van der Waals surface area (Å²) in [5.41, 5.74) is -0.669. The standard InChI is InChI=1S/C8H15NO4.C6H5NO/c1-5(6(10)11)9-7(12)13-8(2,3)4;8-6-3-1-2-4-7-5-6/h5H,1-4H3,(H,9,12)(H,10,11);1-5H/t5-;/m0./s1. The van der Waals surface area contributed by atoms with Gasteiger partial charge in [-0.2, -0.15) is 0 Å². The van der Waals surface area contributed by atoms with Crippen LogP contribution in [0.4, 0.5) is 4.79 Å². The van der Waals surface area contributed by atoms with Crippen LogP contribution in [-0.2, 0) is 9.53 Å². The van der Waals surface area contributed by atoms with E-state index >= 15 is 0 Å². The van der Waals surface area contributed by atoms with E-state index in [0.29, 0.717) is 0 Å². The van der Waals surface area contributed by atoms with Crippen LogP contribution < -0.4 is 10.7 Å². The molecule has 1 amide bonds. The van der Waals surface area contributed by atoms with Crippen molar-refractivity contribution in [3.8, 4) is 0 Å². The zero-order valence-corrected chi connectivity index (χ0v) is 12.5. The molecule has 116 valence electrons. The van der Waals surface area contributed by atoms with Crippen molar-refractivity contribution in [3.63, 3.8) is 0 Å². The van der Waals surface area contributed by atoms with Crippen LogP contribution in [0.3, 0.4) is 0 Å². The second-order valence-corrected chi connectivity index (χ2v) is 5.09. The van der Waals surface area contributed by atoms with Crippen molar-refractivity contribution in [2.75, 3.05) is 0 Å². The van der Waals surface area contributed by atoms with E-state index in [1.54, 1.807) is 39.1 Å². The van der Waals surface area contributed by atoms with Crippen LogP contribution in [0.5, 0.6) is 0 Å². The molecule has 1 aromatic rings. The second-order valence-electron chi connectivity index (χ2n) is 5.09. The largest absolute Gasteiger partial charge is 0.480 e. The quantitative estimate of drug-likeness (QED) is 0.855. The van der Waals surface area contributed by atoms with Gasteiger partial charge in [-0.25, -0.2) is 4.79 Å². The van der Waals surface area contributed by atoms with Crippen LogP contribution in [0.2, 0.25) is 0 Å². The molecule has 0 aromatic carbocycles. The SMILES string of the molecule is C[C@H](NC(=O)OC(C)(C)C)C(=O)O.O=c1ccccnc1. The van der Waals surface area contributed by atoms with E-state index < -0.39 is 23.7 Å². The van der Waals surface area contributed by atoms with E-state index in [1.807, 2.05) is 0 Å². The smallest absolute Gasteiger partial charge is 0.408 e. The normalized spacial score (nSPS) is 11.4. The fourth-order valence-corrected chi connectivity index (χ4v) is 0.955. The zero-order chi connectivity index (χ0) is 16.5. The Hall–Kier alpha value is -2.44. The summed E-state index contributed by atoms with van der Waals surface area (Å²) in [6, 6.07) is 3.90. The van der Waals surface area contributed by atoms with Crippen molar-refractivity contribution < 1.29 is 19.4 Å². The maximum Gasteiger partial charge on any atom is 0.408 e. The Kier molecular flexibility index (Phi) is 7.67. The molecule has 0 fully saturated rings. The van der Waals surface area contributed by atoms with Crippen molar-refractivity contribution in [1.82, 2.24) is 10.3 Å². The molecule has 0 aliphatic rings. The second kappa shape index (κ2) is 8.68. The van der Waals surface area contributed by atoms with Crippen LogP contribution in [0.15, 0.2) is 35.4 Å². The molecule has 21 heavy (non-hydrogen) atoms. The van der Waals surface area contributed by atoms with Gasteiger partial charge < -0.3 is 15.2 Å². The van der Waals surface area contributed by atoms with Crippen LogP contribution in [-0.4, -0.2) is 33.8 Å². The lowest BCUT2D eigenvalue weighted by Crippen LogP contribution is -2.41. The molecule has 7 heteroatoms. The van der Waals surface area contributed by atoms with Gasteiger partial charge in [0.1, 0.15) is 11.6 Å². The van der Waals surface area contributed by atoms with Gasteiger partial charge in [0, 0.05) is 6.20 Å². The third-order valence-corrected chi connectivity index (χ3v) is 1.85. The van der Waals surface area contributed by atoms with E-state index in [0.717, 1.165) is 0 Å². The Morgan fingerprint density at radius 3 is 2.48 bits per heavy atom. The number of carbonyl (C=O) groups is 2. The first-order chi connectivity index (χ1) is 9.61. The Bertz CT molecular complexity index is 503. The summed E-state index contributed by atoms with van der Waals surface area (Å²) < 4.78 is 4.85. The predicted octanol–water partition coefficient (Wildman–Crippen LogP) is 1.43. The van der Waals surface area contributed by atoms with E-state index in [1.165, 1.54) is 19.2 Å². The monoisotopic (exact) mass is 296 g/mol. The van der Waals surface area contributed by atoms with Crippen molar-refractivity contribution in [2.24, 2.45) is 0 Å². The average Bonchev–Trinajstić information content (AvgIpc) is 2.54. The molecule has 7 nitrogen and oxygen atoms in total. The number of carbonyl (C=O) groups excluding carboxylic acids is 1. The average molecular weight is 296 g/mol. The number of aromatic nitrogens is 1. The van der Waals surface area contributed by atoms with E-state index in [-0.39, 0.29) is 5.43 Å². The topological polar surface area (TPSA) is 106 Å². The number of carboxylic acids is 1. The van der Waals surface area contributed by atoms with Crippen molar-refractivity contribution in [2.45, 2.75) is 39.3 Å². The van der Waals surface area contributed by atoms with Gasteiger partial charge in [0.05, 0.1) is 6.20 Å². The highest BCUT2D eigenvalue weighted by molar-refractivity contribution is 5.79. The highest BCUT2D eigenvalue weighted by Gasteiger charge is 2.20. The van der Waals surface area contributed by atoms with Gasteiger partial charge >= 0.3 is 12.1 Å². The van der Waals surface area contributed by atoms with E-state index in [2.05, 4.69) is 10.3 Å². The summed E-state index contributed by atoms with van der Waals surface area (Å²) in [6.07, 6.45) is 2.13. The number of ether oxygens (including phenoxy) is 1. The molecule has 0 bridgehead atoms. The van der Waals surface area contributed by atoms with Crippen LogP contribution >= 0.6 is 0 Å². The Labute approximate surface area is 123 Å². The molecule has 0 radical (unpaired) electrons.